The van der Waals surface area contributed by atoms with Gasteiger partial charge in [-0.1, -0.05) is 38.1 Å². The average molecular weight is 189 g/mol. The Labute approximate surface area is 86.5 Å². The maximum atomic E-state index is 3.49. The van der Waals surface area contributed by atoms with Crippen molar-refractivity contribution >= 4 is 0 Å². The summed E-state index contributed by atoms with van der Waals surface area (Å²) in [6, 6.07) is 8.75. The van der Waals surface area contributed by atoms with Crippen LogP contribution in [-0.4, -0.2) is 13.1 Å². The molecule has 1 N–H and O–H groups in total. The number of aryl methyl sites for hydroxylation is 1. The lowest BCUT2D eigenvalue weighted by molar-refractivity contribution is 0.362. The van der Waals surface area contributed by atoms with E-state index in [1.165, 1.54) is 11.1 Å². The van der Waals surface area contributed by atoms with Gasteiger partial charge in [0.15, 0.2) is 0 Å². The van der Waals surface area contributed by atoms with Crippen molar-refractivity contribution in [3.63, 3.8) is 0 Å². The molecule has 2 rings (SSSR count). The molecule has 0 radical (unpaired) electrons. The first-order chi connectivity index (χ1) is 6.61. The summed E-state index contributed by atoms with van der Waals surface area (Å²) in [7, 11) is 0. The predicted molar refractivity (Wildman–Crippen MR) is 60.6 cm³/mol. The van der Waals surface area contributed by atoms with E-state index in [0.29, 0.717) is 11.3 Å². The maximum absolute atomic E-state index is 3.49. The van der Waals surface area contributed by atoms with Crippen molar-refractivity contribution in [2.75, 3.05) is 13.1 Å². The first-order valence-corrected chi connectivity index (χ1v) is 5.37. The van der Waals surface area contributed by atoms with E-state index in [2.05, 4.69) is 50.4 Å². The lowest BCUT2D eigenvalue weighted by Gasteiger charge is -2.27. The molecule has 1 aliphatic rings. The first-order valence-electron chi connectivity index (χ1n) is 5.37. The van der Waals surface area contributed by atoms with Crippen LogP contribution in [0.4, 0.5) is 0 Å². The summed E-state index contributed by atoms with van der Waals surface area (Å²) in [5.74, 6) is 0.670. The molecule has 1 heterocycles. The third kappa shape index (κ3) is 1.57. The maximum Gasteiger partial charge on any atom is 0.00294 e. The standard InChI is InChI=1S/C13H19N/c1-10-6-4-5-7-11(10)12-8-14-9-13(12,2)3/h4-7,12,14H,8-9H2,1-3H3/t12-/m1/s1. The van der Waals surface area contributed by atoms with E-state index in [9.17, 15) is 0 Å². The zero-order valence-electron chi connectivity index (χ0n) is 9.30. The Morgan fingerprint density at radius 1 is 1.29 bits per heavy atom. The Hall–Kier alpha value is -0.820. The summed E-state index contributed by atoms with van der Waals surface area (Å²) in [5, 5.41) is 3.49. The van der Waals surface area contributed by atoms with E-state index >= 15 is 0 Å². The van der Waals surface area contributed by atoms with E-state index in [1.807, 2.05) is 0 Å². The van der Waals surface area contributed by atoms with Crippen LogP contribution in [0.5, 0.6) is 0 Å². The monoisotopic (exact) mass is 189 g/mol. The second kappa shape index (κ2) is 3.39. The Bertz CT molecular complexity index is 328. The molecule has 0 aromatic heterocycles. The summed E-state index contributed by atoms with van der Waals surface area (Å²) in [4.78, 5) is 0. The van der Waals surface area contributed by atoms with Crippen molar-refractivity contribution in [2.24, 2.45) is 5.41 Å². The summed E-state index contributed by atoms with van der Waals surface area (Å²) in [6.07, 6.45) is 0. The highest BCUT2D eigenvalue weighted by Crippen LogP contribution is 2.39. The fourth-order valence-electron chi connectivity index (χ4n) is 2.45. The highest BCUT2D eigenvalue weighted by molar-refractivity contribution is 5.32. The molecule has 14 heavy (non-hydrogen) atoms. The van der Waals surface area contributed by atoms with Crippen molar-refractivity contribution in [1.82, 2.24) is 5.32 Å². The molecule has 0 aliphatic carbocycles. The number of benzene rings is 1. The molecule has 0 unspecified atom stereocenters. The van der Waals surface area contributed by atoms with E-state index in [4.69, 9.17) is 0 Å². The van der Waals surface area contributed by atoms with Crippen LogP contribution in [0.1, 0.15) is 30.9 Å². The molecule has 1 heteroatoms. The van der Waals surface area contributed by atoms with Crippen molar-refractivity contribution in [2.45, 2.75) is 26.7 Å². The predicted octanol–water partition coefficient (Wildman–Crippen LogP) is 2.71. The van der Waals surface area contributed by atoms with Crippen LogP contribution in [0.3, 0.4) is 0 Å². The number of hydrogen-bond donors (Lipinski definition) is 1. The normalized spacial score (nSPS) is 25.2. The molecule has 0 bridgehead atoms. The van der Waals surface area contributed by atoms with E-state index in [-0.39, 0.29) is 0 Å². The highest BCUT2D eigenvalue weighted by Gasteiger charge is 2.35. The number of hydrogen-bond acceptors (Lipinski definition) is 1. The van der Waals surface area contributed by atoms with Crippen LogP contribution in [0.15, 0.2) is 24.3 Å². The number of nitrogens with one attached hydrogen (secondary N) is 1. The molecular formula is C13H19N. The Morgan fingerprint density at radius 2 is 2.00 bits per heavy atom. The van der Waals surface area contributed by atoms with Gasteiger partial charge in [-0.2, -0.15) is 0 Å². The quantitative estimate of drug-likeness (QED) is 0.716. The van der Waals surface area contributed by atoms with Gasteiger partial charge in [-0.25, -0.2) is 0 Å². The van der Waals surface area contributed by atoms with Gasteiger partial charge in [0, 0.05) is 19.0 Å². The smallest absolute Gasteiger partial charge is 0.00294 e. The molecule has 1 aromatic carbocycles. The lowest BCUT2D eigenvalue weighted by Crippen LogP contribution is -2.21. The Morgan fingerprint density at radius 3 is 2.57 bits per heavy atom. The van der Waals surface area contributed by atoms with Crippen LogP contribution in [0.25, 0.3) is 0 Å². The van der Waals surface area contributed by atoms with E-state index in [0.717, 1.165) is 13.1 Å². The number of rotatable bonds is 1. The lowest BCUT2D eigenvalue weighted by atomic mass is 9.76. The highest BCUT2D eigenvalue weighted by atomic mass is 14.9. The summed E-state index contributed by atoms with van der Waals surface area (Å²) in [6.45, 7) is 9.17. The summed E-state index contributed by atoms with van der Waals surface area (Å²) in [5.41, 5.74) is 3.34. The molecule has 0 amide bonds. The van der Waals surface area contributed by atoms with Crippen LogP contribution in [-0.2, 0) is 0 Å². The Balaban J connectivity index is 2.36. The van der Waals surface area contributed by atoms with Crippen LogP contribution in [0, 0.1) is 12.3 Å². The van der Waals surface area contributed by atoms with Crippen molar-refractivity contribution in [3.05, 3.63) is 35.4 Å². The van der Waals surface area contributed by atoms with Gasteiger partial charge in [0.25, 0.3) is 0 Å². The fourth-order valence-corrected chi connectivity index (χ4v) is 2.45. The zero-order valence-corrected chi connectivity index (χ0v) is 9.30. The SMILES string of the molecule is Cc1ccccc1[C@H]1CNCC1(C)C. The molecule has 1 aromatic rings. The molecule has 1 nitrogen and oxygen atoms in total. The van der Waals surface area contributed by atoms with Crippen LogP contribution < -0.4 is 5.32 Å². The average Bonchev–Trinajstić information content (AvgIpc) is 2.46. The topological polar surface area (TPSA) is 12.0 Å². The van der Waals surface area contributed by atoms with Crippen molar-refractivity contribution in [3.8, 4) is 0 Å². The minimum absolute atomic E-state index is 0.395. The van der Waals surface area contributed by atoms with E-state index < -0.39 is 0 Å². The van der Waals surface area contributed by atoms with Gasteiger partial charge in [-0.3, -0.25) is 0 Å². The molecule has 76 valence electrons. The third-order valence-electron chi connectivity index (χ3n) is 3.44. The largest absolute Gasteiger partial charge is 0.316 e. The van der Waals surface area contributed by atoms with Crippen molar-refractivity contribution in [1.29, 1.82) is 0 Å². The second-order valence-electron chi connectivity index (χ2n) is 5.03. The second-order valence-corrected chi connectivity index (χ2v) is 5.03. The Kier molecular flexibility index (Phi) is 2.36. The molecule has 1 fully saturated rings. The van der Waals surface area contributed by atoms with Crippen LogP contribution in [0.2, 0.25) is 0 Å². The molecular weight excluding hydrogens is 170 g/mol. The fraction of sp³-hybridized carbons (Fsp3) is 0.538. The zero-order chi connectivity index (χ0) is 10.2. The summed E-state index contributed by atoms with van der Waals surface area (Å²) < 4.78 is 0. The molecule has 1 aliphatic heterocycles. The third-order valence-corrected chi connectivity index (χ3v) is 3.44. The van der Waals surface area contributed by atoms with Gasteiger partial charge in [-0.15, -0.1) is 0 Å². The minimum Gasteiger partial charge on any atom is -0.316 e. The van der Waals surface area contributed by atoms with Gasteiger partial charge in [0.05, 0.1) is 0 Å². The van der Waals surface area contributed by atoms with Gasteiger partial charge in [0.2, 0.25) is 0 Å². The van der Waals surface area contributed by atoms with Crippen LogP contribution >= 0.6 is 0 Å². The van der Waals surface area contributed by atoms with Crippen molar-refractivity contribution < 1.29 is 0 Å². The van der Waals surface area contributed by atoms with E-state index in [1.54, 1.807) is 0 Å². The van der Waals surface area contributed by atoms with Gasteiger partial charge in [-0.05, 0) is 23.5 Å². The molecule has 1 saturated heterocycles. The first kappa shape index (κ1) is 9.72. The summed E-state index contributed by atoms with van der Waals surface area (Å²) >= 11 is 0. The van der Waals surface area contributed by atoms with Gasteiger partial charge >= 0.3 is 0 Å². The minimum atomic E-state index is 0.395. The molecule has 0 spiro atoms. The van der Waals surface area contributed by atoms with Gasteiger partial charge < -0.3 is 5.32 Å². The molecule has 0 saturated carbocycles. The van der Waals surface area contributed by atoms with Gasteiger partial charge in [0.1, 0.15) is 0 Å². The molecule has 1 atom stereocenters.